The molecule has 0 atom stereocenters. The zero-order valence-electron chi connectivity index (χ0n) is 13.6. The van der Waals surface area contributed by atoms with Crippen molar-refractivity contribution in [2.45, 2.75) is 38.3 Å². The molecule has 1 amide bonds. The van der Waals surface area contributed by atoms with Crippen LogP contribution in [0.5, 0.6) is 5.75 Å². The number of sulfonamides is 1. The van der Waals surface area contributed by atoms with Crippen molar-refractivity contribution in [1.82, 2.24) is 9.62 Å². The van der Waals surface area contributed by atoms with Crippen LogP contribution in [0, 0.1) is 0 Å². The van der Waals surface area contributed by atoms with Crippen LogP contribution >= 0.6 is 0 Å². The smallest absolute Gasteiger partial charge is 0.235 e. The van der Waals surface area contributed by atoms with Crippen LogP contribution in [0.4, 0.5) is 0 Å². The van der Waals surface area contributed by atoms with E-state index in [9.17, 15) is 13.2 Å². The maximum absolute atomic E-state index is 12.2. The number of carbonyl (C=O) groups is 1. The predicted octanol–water partition coefficient (Wildman–Crippen LogP) is 1.52. The monoisotopic (exact) mass is 340 g/mol. The fraction of sp³-hybridized carbons (Fsp3) is 0.562. The third kappa shape index (κ3) is 5.21. The lowest BCUT2D eigenvalue weighted by Gasteiger charge is -2.22. The zero-order chi connectivity index (χ0) is 16.9. The highest BCUT2D eigenvalue weighted by Gasteiger charge is 2.24. The van der Waals surface area contributed by atoms with Crippen molar-refractivity contribution in [3.63, 3.8) is 0 Å². The summed E-state index contributed by atoms with van der Waals surface area (Å²) in [5.74, 6) is 0.356. The highest BCUT2D eigenvalue weighted by molar-refractivity contribution is 7.88. The Kier molecular flexibility index (Phi) is 6.01. The van der Waals surface area contributed by atoms with Gasteiger partial charge < -0.3 is 10.1 Å². The van der Waals surface area contributed by atoms with Crippen LogP contribution in [0.3, 0.4) is 0 Å². The zero-order valence-corrected chi connectivity index (χ0v) is 14.4. The lowest BCUT2D eigenvalue weighted by Crippen LogP contribution is -2.42. The van der Waals surface area contributed by atoms with Crippen LogP contribution in [-0.2, 0) is 21.4 Å². The normalized spacial score (nSPS) is 15.8. The maximum Gasteiger partial charge on any atom is 0.235 e. The second-order valence-electron chi connectivity index (χ2n) is 5.89. The molecule has 1 N–H and O–H groups in total. The van der Waals surface area contributed by atoms with E-state index in [4.69, 9.17) is 4.74 Å². The first kappa shape index (κ1) is 17.7. The van der Waals surface area contributed by atoms with Crippen molar-refractivity contribution in [3.05, 3.63) is 29.8 Å². The summed E-state index contributed by atoms with van der Waals surface area (Å²) < 4.78 is 30.5. The van der Waals surface area contributed by atoms with E-state index in [2.05, 4.69) is 5.32 Å². The number of para-hydroxylation sites is 1. The van der Waals surface area contributed by atoms with Gasteiger partial charge in [0.25, 0.3) is 0 Å². The molecule has 6 nitrogen and oxygen atoms in total. The summed E-state index contributed by atoms with van der Waals surface area (Å²) in [6, 6.07) is 7.38. The molecule has 0 heterocycles. The van der Waals surface area contributed by atoms with E-state index in [0.717, 1.165) is 37.5 Å². The van der Waals surface area contributed by atoms with Crippen molar-refractivity contribution >= 4 is 15.9 Å². The van der Waals surface area contributed by atoms with Gasteiger partial charge in [0.2, 0.25) is 15.9 Å². The molecule has 128 valence electrons. The minimum Gasteiger partial charge on any atom is -0.496 e. The lowest BCUT2D eigenvalue weighted by atomic mass is 10.2. The molecule has 1 aliphatic carbocycles. The van der Waals surface area contributed by atoms with Crippen molar-refractivity contribution in [2.24, 2.45) is 0 Å². The highest BCUT2D eigenvalue weighted by Crippen LogP contribution is 2.21. The Hall–Kier alpha value is -1.60. The third-order valence-corrected chi connectivity index (χ3v) is 5.24. The molecule has 1 saturated carbocycles. The number of nitrogens with one attached hydrogen (secondary N) is 1. The van der Waals surface area contributed by atoms with Crippen molar-refractivity contribution < 1.29 is 17.9 Å². The van der Waals surface area contributed by atoms with Crippen LogP contribution in [-0.4, -0.2) is 44.6 Å². The van der Waals surface area contributed by atoms with Gasteiger partial charge in [-0.05, 0) is 18.9 Å². The first-order valence-corrected chi connectivity index (χ1v) is 9.61. The highest BCUT2D eigenvalue weighted by atomic mass is 32.2. The van der Waals surface area contributed by atoms with Crippen molar-refractivity contribution in [3.8, 4) is 5.75 Å². The Morgan fingerprint density at radius 2 is 1.96 bits per heavy atom. The van der Waals surface area contributed by atoms with Crippen LogP contribution in [0.25, 0.3) is 0 Å². The van der Waals surface area contributed by atoms with E-state index in [1.165, 1.54) is 11.4 Å². The molecule has 7 heteroatoms. The second kappa shape index (κ2) is 7.79. The SMILES string of the molecule is COc1ccccc1CN(CC(=O)NC1CCCC1)S(C)(=O)=O. The van der Waals surface area contributed by atoms with Gasteiger partial charge in [0.1, 0.15) is 5.75 Å². The summed E-state index contributed by atoms with van der Waals surface area (Å²) in [6.07, 6.45) is 5.28. The van der Waals surface area contributed by atoms with Crippen LogP contribution in [0.15, 0.2) is 24.3 Å². The summed E-state index contributed by atoms with van der Waals surface area (Å²) in [5, 5.41) is 2.92. The Bertz CT molecular complexity index is 639. The van der Waals surface area contributed by atoms with Crippen LogP contribution < -0.4 is 10.1 Å². The van der Waals surface area contributed by atoms with Crippen molar-refractivity contribution in [1.29, 1.82) is 0 Å². The van der Waals surface area contributed by atoms with Gasteiger partial charge in [-0.25, -0.2) is 8.42 Å². The summed E-state index contributed by atoms with van der Waals surface area (Å²) in [5.41, 5.74) is 0.731. The molecule has 0 bridgehead atoms. The molecule has 0 saturated heterocycles. The average molecular weight is 340 g/mol. The minimum absolute atomic E-state index is 0.112. The van der Waals surface area contributed by atoms with Gasteiger partial charge in [-0.3, -0.25) is 4.79 Å². The van der Waals surface area contributed by atoms with Gasteiger partial charge >= 0.3 is 0 Å². The van der Waals surface area contributed by atoms with E-state index in [-0.39, 0.29) is 25.0 Å². The maximum atomic E-state index is 12.2. The number of amides is 1. The van der Waals surface area contributed by atoms with Crippen LogP contribution in [0.2, 0.25) is 0 Å². The average Bonchev–Trinajstić information content (AvgIpc) is 2.99. The van der Waals surface area contributed by atoms with E-state index in [1.807, 2.05) is 12.1 Å². The number of ether oxygens (including phenoxy) is 1. The molecule has 0 aliphatic heterocycles. The number of nitrogens with zero attached hydrogens (tertiary/aromatic N) is 1. The molecule has 0 aromatic heterocycles. The van der Waals surface area contributed by atoms with Crippen molar-refractivity contribution in [2.75, 3.05) is 19.9 Å². The third-order valence-electron chi connectivity index (χ3n) is 4.05. The second-order valence-corrected chi connectivity index (χ2v) is 7.87. The molecule has 0 radical (unpaired) electrons. The lowest BCUT2D eigenvalue weighted by molar-refractivity contribution is -0.122. The fourth-order valence-electron chi connectivity index (χ4n) is 2.82. The van der Waals surface area contributed by atoms with Gasteiger partial charge in [0.15, 0.2) is 0 Å². The van der Waals surface area contributed by atoms with Gasteiger partial charge in [-0.15, -0.1) is 0 Å². The molecule has 0 spiro atoms. The van der Waals surface area contributed by atoms with Gasteiger partial charge in [-0.1, -0.05) is 31.0 Å². The van der Waals surface area contributed by atoms with E-state index in [1.54, 1.807) is 12.1 Å². The van der Waals surface area contributed by atoms with Crippen LogP contribution in [0.1, 0.15) is 31.2 Å². The molecule has 23 heavy (non-hydrogen) atoms. The fourth-order valence-corrected chi connectivity index (χ4v) is 3.54. The Labute approximate surface area is 137 Å². The molecule has 0 unspecified atom stereocenters. The summed E-state index contributed by atoms with van der Waals surface area (Å²) in [7, 11) is -1.96. The number of hydrogen-bond acceptors (Lipinski definition) is 4. The largest absolute Gasteiger partial charge is 0.496 e. The number of rotatable bonds is 7. The predicted molar refractivity (Wildman–Crippen MR) is 88.6 cm³/mol. The molecule has 2 rings (SSSR count). The molecular formula is C16H24N2O4S. The van der Waals surface area contributed by atoms with Gasteiger partial charge in [0.05, 0.1) is 19.9 Å². The minimum atomic E-state index is -3.50. The van der Waals surface area contributed by atoms with E-state index >= 15 is 0 Å². The van der Waals surface area contributed by atoms with Gasteiger partial charge in [0, 0.05) is 18.2 Å². The standard InChI is InChI=1S/C16H24N2O4S/c1-22-15-10-6-3-7-13(15)11-18(23(2,20)21)12-16(19)17-14-8-4-5-9-14/h3,6-7,10,14H,4-5,8-9,11-12H2,1-2H3,(H,17,19). The van der Waals surface area contributed by atoms with Gasteiger partial charge in [-0.2, -0.15) is 4.31 Å². The summed E-state index contributed by atoms with van der Waals surface area (Å²) in [6.45, 7) is -0.0612. The molecule has 1 aliphatic rings. The quantitative estimate of drug-likeness (QED) is 0.816. The van der Waals surface area contributed by atoms with E-state index in [0.29, 0.717) is 5.75 Å². The Balaban J connectivity index is 2.06. The topological polar surface area (TPSA) is 75.7 Å². The molecule has 1 aromatic carbocycles. The molecular weight excluding hydrogens is 316 g/mol. The number of carbonyl (C=O) groups excluding carboxylic acids is 1. The Morgan fingerprint density at radius 3 is 2.57 bits per heavy atom. The van der Waals surface area contributed by atoms with E-state index < -0.39 is 10.0 Å². The summed E-state index contributed by atoms with van der Waals surface area (Å²) in [4.78, 5) is 12.2. The summed E-state index contributed by atoms with van der Waals surface area (Å²) >= 11 is 0. The number of benzene rings is 1. The molecule has 1 aromatic rings. The number of hydrogen-bond donors (Lipinski definition) is 1. The first-order valence-electron chi connectivity index (χ1n) is 7.76. The first-order chi connectivity index (χ1) is 10.9. The number of methoxy groups -OCH3 is 1. The Morgan fingerprint density at radius 1 is 1.30 bits per heavy atom. The molecule has 1 fully saturated rings.